The Labute approximate surface area is 182 Å². The lowest BCUT2D eigenvalue weighted by Crippen LogP contribution is -2.33. The molecule has 1 fully saturated rings. The molecule has 10 heteroatoms. The number of pyridine rings is 1. The minimum Gasteiger partial charge on any atom is -0.356 e. The fourth-order valence-electron chi connectivity index (χ4n) is 3.83. The number of aryl methyl sites for hydroxylation is 1. The first kappa shape index (κ1) is 21.8. The molecule has 3 aromatic rings. The minimum absolute atomic E-state index is 0.00483. The molecule has 1 aliphatic rings. The van der Waals surface area contributed by atoms with Gasteiger partial charge in [-0.2, -0.15) is 0 Å². The third kappa shape index (κ3) is 4.58. The first-order valence-electron chi connectivity index (χ1n) is 10.5. The largest absolute Gasteiger partial charge is 0.356 e. The summed E-state index contributed by atoms with van der Waals surface area (Å²) in [5, 5.41) is 11.1. The van der Waals surface area contributed by atoms with Crippen LogP contribution in [0.3, 0.4) is 0 Å². The zero-order valence-corrected chi connectivity index (χ0v) is 17.2. The highest BCUT2D eigenvalue weighted by Crippen LogP contribution is 2.28. The van der Waals surface area contributed by atoms with E-state index in [0.717, 1.165) is 54.2 Å². The minimum atomic E-state index is -1.59. The number of unbranched alkanes of at least 4 members (excludes halogenated alkanes) is 2. The molecular weight excluding hydrogens is 423 g/mol. The van der Waals surface area contributed by atoms with Crippen molar-refractivity contribution >= 4 is 23.1 Å². The van der Waals surface area contributed by atoms with Crippen LogP contribution in [0, 0.1) is 23.4 Å². The molecule has 0 aliphatic carbocycles. The molecule has 2 aromatic heterocycles. The van der Waals surface area contributed by atoms with Crippen molar-refractivity contribution in [2.75, 3.05) is 18.0 Å². The van der Waals surface area contributed by atoms with Crippen LogP contribution in [0.4, 0.5) is 18.9 Å². The van der Waals surface area contributed by atoms with Crippen molar-refractivity contribution in [2.24, 2.45) is 5.92 Å². The number of hydrogen-bond acceptors (Lipinski definition) is 4. The van der Waals surface area contributed by atoms with E-state index in [2.05, 4.69) is 15.5 Å². The number of hydrogen-bond donors (Lipinski definition) is 1. The average Bonchev–Trinajstić information content (AvgIpc) is 3.37. The predicted molar refractivity (Wildman–Crippen MR) is 110 cm³/mol. The standard InChI is InChI=1S/C22H22F3N5O2/c23-16-11-15(12-17(24)21(16)25)30-13-14(10-20(30)31)22(32)26-8-4-1-2-6-18-27-28-19-7-3-5-9-29(18)19/h3,5,7,9,11-12,14H,1-2,4,6,8,10,13H2,(H,26,32). The van der Waals surface area contributed by atoms with Gasteiger partial charge in [-0.15, -0.1) is 10.2 Å². The van der Waals surface area contributed by atoms with Gasteiger partial charge in [-0.05, 0) is 25.0 Å². The fraction of sp³-hybridized carbons (Fsp3) is 0.364. The number of nitrogens with zero attached hydrogens (tertiary/aromatic N) is 4. The van der Waals surface area contributed by atoms with Gasteiger partial charge in [-0.1, -0.05) is 12.5 Å². The average molecular weight is 445 g/mol. The van der Waals surface area contributed by atoms with E-state index >= 15 is 0 Å². The van der Waals surface area contributed by atoms with E-state index in [1.54, 1.807) is 0 Å². The molecule has 32 heavy (non-hydrogen) atoms. The quantitative estimate of drug-likeness (QED) is 0.427. The van der Waals surface area contributed by atoms with Crippen LogP contribution in [-0.4, -0.2) is 39.5 Å². The van der Waals surface area contributed by atoms with Gasteiger partial charge >= 0.3 is 0 Å². The van der Waals surface area contributed by atoms with Gasteiger partial charge in [0, 0.05) is 49.9 Å². The molecule has 0 saturated carbocycles. The second kappa shape index (κ2) is 9.37. The first-order valence-corrected chi connectivity index (χ1v) is 10.5. The molecule has 7 nitrogen and oxygen atoms in total. The second-order valence-electron chi connectivity index (χ2n) is 7.78. The maximum atomic E-state index is 13.5. The predicted octanol–water partition coefficient (Wildman–Crippen LogP) is 3.03. The van der Waals surface area contributed by atoms with Crippen LogP contribution in [0.15, 0.2) is 36.5 Å². The van der Waals surface area contributed by atoms with Gasteiger partial charge in [0.2, 0.25) is 11.8 Å². The molecule has 0 bridgehead atoms. The van der Waals surface area contributed by atoms with Gasteiger partial charge in [0.25, 0.3) is 0 Å². The summed E-state index contributed by atoms with van der Waals surface area (Å²) in [6.07, 6.45) is 5.17. The van der Waals surface area contributed by atoms with Crippen LogP contribution in [0.25, 0.3) is 5.65 Å². The van der Waals surface area contributed by atoms with Crippen molar-refractivity contribution in [1.82, 2.24) is 19.9 Å². The van der Waals surface area contributed by atoms with Crippen molar-refractivity contribution in [2.45, 2.75) is 32.1 Å². The Kier molecular flexibility index (Phi) is 6.38. The highest BCUT2D eigenvalue weighted by atomic mass is 19.2. The van der Waals surface area contributed by atoms with Gasteiger partial charge in [-0.25, -0.2) is 13.2 Å². The molecule has 168 valence electrons. The maximum absolute atomic E-state index is 13.5. The third-order valence-electron chi connectivity index (χ3n) is 5.54. The van der Waals surface area contributed by atoms with Gasteiger partial charge in [0.05, 0.1) is 5.92 Å². The molecule has 4 rings (SSSR count). The van der Waals surface area contributed by atoms with Gasteiger partial charge in [0.1, 0.15) is 5.82 Å². The Hall–Kier alpha value is -3.43. The number of nitrogens with one attached hydrogen (secondary N) is 1. The normalized spacial score (nSPS) is 16.2. The third-order valence-corrected chi connectivity index (χ3v) is 5.54. The van der Waals surface area contributed by atoms with Gasteiger partial charge in [0.15, 0.2) is 23.1 Å². The lowest BCUT2D eigenvalue weighted by Gasteiger charge is -2.17. The van der Waals surface area contributed by atoms with Crippen molar-refractivity contribution in [3.63, 3.8) is 0 Å². The van der Waals surface area contributed by atoms with E-state index in [1.165, 1.54) is 0 Å². The Bertz CT molecular complexity index is 1130. The lowest BCUT2D eigenvalue weighted by molar-refractivity contribution is -0.126. The maximum Gasteiger partial charge on any atom is 0.227 e. The highest BCUT2D eigenvalue weighted by Gasteiger charge is 2.35. The van der Waals surface area contributed by atoms with Crippen LogP contribution in [0.1, 0.15) is 31.5 Å². The summed E-state index contributed by atoms with van der Waals surface area (Å²) in [6.45, 7) is 0.457. The second-order valence-corrected chi connectivity index (χ2v) is 7.78. The van der Waals surface area contributed by atoms with Crippen molar-refractivity contribution in [3.05, 3.63) is 59.8 Å². The Morgan fingerprint density at radius 3 is 2.66 bits per heavy atom. The Morgan fingerprint density at radius 1 is 1.09 bits per heavy atom. The van der Waals surface area contributed by atoms with E-state index in [-0.39, 0.29) is 24.6 Å². The van der Waals surface area contributed by atoms with Gasteiger partial charge < -0.3 is 10.2 Å². The number of carbonyl (C=O) groups excluding carboxylic acids is 2. The van der Waals surface area contributed by atoms with E-state index < -0.39 is 29.3 Å². The number of amides is 2. The number of halogens is 3. The molecule has 2 amide bonds. The molecule has 1 unspecified atom stereocenters. The molecule has 1 aromatic carbocycles. The summed E-state index contributed by atoms with van der Waals surface area (Å²) in [5.74, 6) is -4.79. The van der Waals surface area contributed by atoms with Crippen LogP contribution in [0.2, 0.25) is 0 Å². The molecule has 0 spiro atoms. The van der Waals surface area contributed by atoms with E-state index in [0.29, 0.717) is 6.54 Å². The number of anilines is 1. The van der Waals surface area contributed by atoms with Crippen LogP contribution in [0.5, 0.6) is 0 Å². The molecule has 1 atom stereocenters. The highest BCUT2D eigenvalue weighted by molar-refractivity contribution is 6.00. The number of aromatic nitrogens is 3. The van der Waals surface area contributed by atoms with E-state index in [4.69, 9.17) is 0 Å². The monoisotopic (exact) mass is 445 g/mol. The molecule has 1 aliphatic heterocycles. The molecule has 1 saturated heterocycles. The van der Waals surface area contributed by atoms with Crippen molar-refractivity contribution < 1.29 is 22.8 Å². The summed E-state index contributed by atoms with van der Waals surface area (Å²) in [6, 6.07) is 7.24. The lowest BCUT2D eigenvalue weighted by atomic mass is 10.1. The van der Waals surface area contributed by atoms with Crippen LogP contribution < -0.4 is 10.2 Å². The van der Waals surface area contributed by atoms with E-state index in [1.807, 2.05) is 28.8 Å². The number of carbonyl (C=O) groups is 2. The molecular formula is C22H22F3N5O2. The number of fused-ring (bicyclic) bond motifs is 1. The molecule has 0 radical (unpaired) electrons. The first-order chi connectivity index (χ1) is 15.4. The Morgan fingerprint density at radius 2 is 1.88 bits per heavy atom. The summed E-state index contributed by atoms with van der Waals surface area (Å²) >= 11 is 0. The summed E-state index contributed by atoms with van der Waals surface area (Å²) in [5.41, 5.74) is 0.712. The topological polar surface area (TPSA) is 79.6 Å². The fourth-order valence-corrected chi connectivity index (χ4v) is 3.83. The zero-order valence-electron chi connectivity index (χ0n) is 17.2. The van der Waals surface area contributed by atoms with Crippen molar-refractivity contribution in [3.8, 4) is 0 Å². The van der Waals surface area contributed by atoms with Crippen LogP contribution in [-0.2, 0) is 16.0 Å². The van der Waals surface area contributed by atoms with E-state index in [9.17, 15) is 22.8 Å². The zero-order chi connectivity index (χ0) is 22.7. The summed E-state index contributed by atoms with van der Waals surface area (Å²) in [4.78, 5) is 25.7. The van der Waals surface area contributed by atoms with Gasteiger partial charge in [-0.3, -0.25) is 14.0 Å². The summed E-state index contributed by atoms with van der Waals surface area (Å²) < 4.78 is 42.0. The smallest absolute Gasteiger partial charge is 0.227 e. The summed E-state index contributed by atoms with van der Waals surface area (Å²) in [7, 11) is 0. The molecule has 1 N–H and O–H groups in total. The number of rotatable bonds is 8. The van der Waals surface area contributed by atoms with Crippen molar-refractivity contribution in [1.29, 1.82) is 0 Å². The Balaban J connectivity index is 1.20. The SMILES string of the molecule is O=C(NCCCCCc1nnc2ccccn12)C1CC(=O)N(c2cc(F)c(F)c(F)c2)C1. The van der Waals surface area contributed by atoms with Crippen LogP contribution >= 0.6 is 0 Å². The number of benzene rings is 1. The molecule has 3 heterocycles.